The second-order valence-electron chi connectivity index (χ2n) is 10.1. The monoisotopic (exact) mass is 592 g/mol. The van der Waals surface area contributed by atoms with E-state index in [1.165, 1.54) is 24.3 Å². The smallest absolute Gasteiger partial charge is 0.328 e. The van der Waals surface area contributed by atoms with E-state index in [-0.39, 0.29) is 17.6 Å². The number of aromatic nitrogens is 2. The number of ether oxygens (including phenoxy) is 1. The SMILES string of the molecule is COc1ccc2n[nH]c(N3CCN(CCCC(c4ccc(F)cc4)c4ccc(F)cc4)CC3)c2c1.O=C(O)C=CC(=O)O. The van der Waals surface area contributed by atoms with Crippen LogP contribution in [0.25, 0.3) is 10.9 Å². The number of carbonyl (C=O) groups is 2. The van der Waals surface area contributed by atoms with Crippen molar-refractivity contribution in [2.45, 2.75) is 18.8 Å². The molecule has 1 aliphatic rings. The van der Waals surface area contributed by atoms with E-state index in [4.69, 9.17) is 14.9 Å². The molecular weight excluding hydrogens is 558 g/mol. The minimum absolute atomic E-state index is 0.115. The summed E-state index contributed by atoms with van der Waals surface area (Å²) in [6.07, 6.45) is 3.04. The Kier molecular flexibility index (Phi) is 10.8. The number of rotatable bonds is 10. The first-order chi connectivity index (χ1) is 20.7. The van der Waals surface area contributed by atoms with Crippen LogP contribution in [-0.2, 0) is 9.59 Å². The maximum Gasteiger partial charge on any atom is 0.328 e. The van der Waals surface area contributed by atoms with E-state index in [0.717, 1.165) is 79.2 Å². The molecule has 0 saturated carbocycles. The molecule has 1 aliphatic heterocycles. The van der Waals surface area contributed by atoms with Gasteiger partial charge in [-0.25, -0.2) is 18.4 Å². The van der Waals surface area contributed by atoms with Crippen LogP contribution >= 0.6 is 0 Å². The summed E-state index contributed by atoms with van der Waals surface area (Å²) in [5.41, 5.74) is 3.06. The number of carboxylic acid groups (broad SMARTS) is 2. The molecule has 0 atom stereocenters. The van der Waals surface area contributed by atoms with Gasteiger partial charge in [0.1, 0.15) is 23.2 Å². The highest BCUT2D eigenvalue weighted by Crippen LogP contribution is 2.31. The second kappa shape index (κ2) is 14.9. The van der Waals surface area contributed by atoms with E-state index in [1.54, 1.807) is 7.11 Å². The molecule has 226 valence electrons. The zero-order valence-electron chi connectivity index (χ0n) is 23.7. The van der Waals surface area contributed by atoms with Crippen LogP contribution in [0.4, 0.5) is 14.6 Å². The van der Waals surface area contributed by atoms with Crippen molar-refractivity contribution in [3.05, 3.63) is 102 Å². The molecule has 9 nitrogen and oxygen atoms in total. The topological polar surface area (TPSA) is 119 Å². The minimum atomic E-state index is -1.26. The highest BCUT2D eigenvalue weighted by atomic mass is 19.1. The first-order valence-electron chi connectivity index (χ1n) is 13.9. The van der Waals surface area contributed by atoms with Gasteiger partial charge in [-0.1, -0.05) is 24.3 Å². The quantitative estimate of drug-likeness (QED) is 0.213. The van der Waals surface area contributed by atoms with E-state index >= 15 is 0 Å². The molecule has 3 N–H and O–H groups in total. The van der Waals surface area contributed by atoms with Crippen LogP contribution in [-0.4, -0.2) is 77.1 Å². The highest BCUT2D eigenvalue weighted by molar-refractivity contribution is 5.91. The number of piperazine rings is 1. The molecule has 5 rings (SSSR count). The molecule has 4 aromatic rings. The fourth-order valence-corrected chi connectivity index (χ4v) is 5.12. The predicted molar refractivity (Wildman–Crippen MR) is 160 cm³/mol. The second-order valence-corrected chi connectivity index (χ2v) is 10.1. The molecule has 0 bridgehead atoms. The number of aliphatic carboxylic acids is 2. The van der Waals surface area contributed by atoms with Crippen LogP contribution < -0.4 is 9.64 Å². The number of aromatic amines is 1. The lowest BCUT2D eigenvalue weighted by atomic mass is 9.87. The molecule has 11 heteroatoms. The number of methoxy groups -OCH3 is 1. The summed E-state index contributed by atoms with van der Waals surface area (Å²) in [6, 6.07) is 19.3. The van der Waals surface area contributed by atoms with Gasteiger partial charge in [0.2, 0.25) is 0 Å². The van der Waals surface area contributed by atoms with Crippen molar-refractivity contribution in [2.24, 2.45) is 0 Å². The third-order valence-corrected chi connectivity index (χ3v) is 7.31. The molecule has 0 radical (unpaired) electrons. The van der Waals surface area contributed by atoms with E-state index < -0.39 is 11.9 Å². The Bertz CT molecular complexity index is 1470. The summed E-state index contributed by atoms with van der Waals surface area (Å²) in [7, 11) is 1.68. The summed E-state index contributed by atoms with van der Waals surface area (Å²) in [5.74, 6) is -1.01. The maximum atomic E-state index is 13.5. The molecule has 0 unspecified atom stereocenters. The van der Waals surface area contributed by atoms with Gasteiger partial charge in [0.15, 0.2) is 0 Å². The van der Waals surface area contributed by atoms with Crippen LogP contribution in [0.2, 0.25) is 0 Å². The number of fused-ring (bicyclic) bond motifs is 1. The lowest BCUT2D eigenvalue weighted by molar-refractivity contribution is -0.134. The summed E-state index contributed by atoms with van der Waals surface area (Å²) in [4.78, 5) is 23.9. The first-order valence-corrected chi connectivity index (χ1v) is 13.9. The van der Waals surface area contributed by atoms with Crippen molar-refractivity contribution in [1.82, 2.24) is 15.1 Å². The van der Waals surface area contributed by atoms with Crippen molar-refractivity contribution < 1.29 is 33.3 Å². The van der Waals surface area contributed by atoms with Crippen molar-refractivity contribution in [1.29, 1.82) is 0 Å². The largest absolute Gasteiger partial charge is 0.497 e. The van der Waals surface area contributed by atoms with Gasteiger partial charge in [-0.2, -0.15) is 5.10 Å². The molecule has 0 aliphatic carbocycles. The van der Waals surface area contributed by atoms with Crippen molar-refractivity contribution in [3.63, 3.8) is 0 Å². The Morgan fingerprint density at radius 1 is 0.907 bits per heavy atom. The number of halogens is 2. The molecule has 2 heterocycles. The number of H-pyrrole nitrogens is 1. The number of hydrogen-bond donors (Lipinski definition) is 3. The maximum absolute atomic E-state index is 13.5. The average Bonchev–Trinajstić information content (AvgIpc) is 3.43. The van der Waals surface area contributed by atoms with Gasteiger partial charge in [-0.15, -0.1) is 0 Å². The van der Waals surface area contributed by atoms with E-state index in [9.17, 15) is 18.4 Å². The summed E-state index contributed by atoms with van der Waals surface area (Å²) in [6.45, 7) is 4.79. The van der Waals surface area contributed by atoms with Gasteiger partial charge in [0.25, 0.3) is 0 Å². The van der Waals surface area contributed by atoms with Crippen LogP contribution in [0, 0.1) is 11.6 Å². The molecule has 3 aromatic carbocycles. The van der Waals surface area contributed by atoms with Gasteiger partial charge >= 0.3 is 11.9 Å². The number of nitrogens with zero attached hydrogens (tertiary/aromatic N) is 3. The van der Waals surface area contributed by atoms with Crippen molar-refractivity contribution in [2.75, 3.05) is 44.7 Å². The zero-order chi connectivity index (χ0) is 30.8. The van der Waals surface area contributed by atoms with Gasteiger partial charge in [-0.05, 0) is 73.0 Å². The minimum Gasteiger partial charge on any atom is -0.497 e. The molecule has 1 aromatic heterocycles. The standard InChI is InChI=1S/C28H30F2N4O.C4H4O4/c1-35-24-12-13-27-26(19-24)28(32-31-27)34-17-15-33(16-18-34)14-2-3-25(20-4-8-22(29)9-5-20)21-6-10-23(30)11-7-21;5-3(6)1-2-4(7)8/h4-13,19,25H,2-3,14-18H2,1H3,(H,31,32);1-2H,(H,5,6)(H,7,8). The number of nitrogens with one attached hydrogen (secondary N) is 1. The molecule has 0 spiro atoms. The number of benzene rings is 3. The fourth-order valence-electron chi connectivity index (χ4n) is 5.12. The van der Waals surface area contributed by atoms with Crippen LogP contribution in [0.5, 0.6) is 5.75 Å². The molecule has 1 saturated heterocycles. The van der Waals surface area contributed by atoms with Crippen LogP contribution in [0.1, 0.15) is 29.9 Å². The Balaban J connectivity index is 0.000000467. The summed E-state index contributed by atoms with van der Waals surface area (Å²) < 4.78 is 32.4. The van der Waals surface area contributed by atoms with Crippen LogP contribution in [0.15, 0.2) is 78.9 Å². The Morgan fingerprint density at radius 3 is 1.98 bits per heavy atom. The Hall–Kier alpha value is -4.77. The molecule has 0 amide bonds. The normalized spacial score (nSPS) is 13.7. The average molecular weight is 593 g/mol. The first kappa shape index (κ1) is 31.2. The van der Waals surface area contributed by atoms with E-state index in [1.807, 2.05) is 42.5 Å². The van der Waals surface area contributed by atoms with Gasteiger partial charge in [0, 0.05) is 49.6 Å². The number of carboxylic acids is 2. The van der Waals surface area contributed by atoms with Gasteiger partial charge in [0.05, 0.1) is 12.6 Å². The third-order valence-electron chi connectivity index (χ3n) is 7.31. The Labute approximate surface area is 248 Å². The van der Waals surface area contributed by atoms with Crippen molar-refractivity contribution >= 4 is 28.7 Å². The van der Waals surface area contributed by atoms with Gasteiger partial charge in [-0.3, -0.25) is 10.00 Å². The van der Waals surface area contributed by atoms with E-state index in [0.29, 0.717) is 12.2 Å². The lowest BCUT2D eigenvalue weighted by Crippen LogP contribution is -2.46. The molecule has 1 fully saturated rings. The van der Waals surface area contributed by atoms with Crippen molar-refractivity contribution in [3.8, 4) is 5.75 Å². The lowest BCUT2D eigenvalue weighted by Gasteiger charge is -2.35. The van der Waals surface area contributed by atoms with E-state index in [2.05, 4.69) is 20.0 Å². The van der Waals surface area contributed by atoms with Crippen LogP contribution in [0.3, 0.4) is 0 Å². The highest BCUT2D eigenvalue weighted by Gasteiger charge is 2.21. The molecular formula is C32H34F2N4O5. The summed E-state index contributed by atoms with van der Waals surface area (Å²) in [5, 5.41) is 24.4. The number of hydrogen-bond acceptors (Lipinski definition) is 6. The number of anilines is 1. The predicted octanol–water partition coefficient (Wildman–Crippen LogP) is 5.30. The Morgan fingerprint density at radius 2 is 1.47 bits per heavy atom. The third kappa shape index (κ3) is 8.86. The summed E-state index contributed by atoms with van der Waals surface area (Å²) >= 11 is 0. The zero-order valence-corrected chi connectivity index (χ0v) is 23.7. The van der Waals surface area contributed by atoms with Gasteiger partial charge < -0.3 is 19.8 Å². The fraction of sp³-hybridized carbons (Fsp3) is 0.281. The molecule has 43 heavy (non-hydrogen) atoms.